The van der Waals surface area contributed by atoms with Gasteiger partial charge in [-0.05, 0) is 56.9 Å². The Labute approximate surface area is 201 Å². The predicted octanol–water partition coefficient (Wildman–Crippen LogP) is 5.85. The van der Waals surface area contributed by atoms with Crippen molar-refractivity contribution in [1.82, 2.24) is 19.7 Å². The Morgan fingerprint density at radius 1 is 1.09 bits per heavy atom. The molecule has 35 heavy (non-hydrogen) atoms. The van der Waals surface area contributed by atoms with Crippen molar-refractivity contribution in [3.63, 3.8) is 0 Å². The van der Waals surface area contributed by atoms with E-state index >= 15 is 0 Å². The van der Waals surface area contributed by atoms with Crippen molar-refractivity contribution in [2.45, 2.75) is 76.6 Å². The lowest BCUT2D eigenvalue weighted by atomic mass is 9.94. The Morgan fingerprint density at radius 2 is 1.86 bits per heavy atom. The van der Waals surface area contributed by atoms with Gasteiger partial charge in [0.1, 0.15) is 5.82 Å². The number of nitrogens with zero attached hydrogens (tertiary/aromatic N) is 5. The summed E-state index contributed by atoms with van der Waals surface area (Å²) in [4.78, 5) is 19.2. The molecule has 186 valence electrons. The number of halogens is 3. The third-order valence-electron chi connectivity index (χ3n) is 7.19. The number of alkyl halides is 3. The molecular formula is C25H28F3N5O2. The third-order valence-corrected chi connectivity index (χ3v) is 7.19. The van der Waals surface area contributed by atoms with Crippen LogP contribution in [0.1, 0.15) is 74.3 Å². The summed E-state index contributed by atoms with van der Waals surface area (Å²) in [5.41, 5.74) is 3.06. The minimum Gasteiger partial charge on any atom is -0.452 e. The number of carbonyl (C=O) groups excluding carboxylic acids is 1. The molecule has 1 atom stereocenters. The van der Waals surface area contributed by atoms with Crippen LogP contribution in [0.2, 0.25) is 0 Å². The number of aromatic nitrogens is 4. The van der Waals surface area contributed by atoms with E-state index in [-0.39, 0.29) is 18.5 Å². The number of hydrogen-bond donors (Lipinski definition) is 0. The van der Waals surface area contributed by atoms with Crippen molar-refractivity contribution in [1.29, 1.82) is 0 Å². The standard InChI is InChI=1S/C25H28F3N5O2/c1-15-8-10-18-19(32(15)24(34)35-2)11-12-20-23(18)29-22(33(20)17-6-4-3-5-7-17)14-16-9-13-21(31-30-16)25(26,27)28/h9,11-13,15,17H,3-8,10,14H2,1-2H3/t15-/m0/s1. The van der Waals surface area contributed by atoms with E-state index in [9.17, 15) is 18.0 Å². The van der Waals surface area contributed by atoms with Gasteiger partial charge in [-0.1, -0.05) is 19.3 Å². The van der Waals surface area contributed by atoms with Crippen LogP contribution in [0.4, 0.5) is 23.7 Å². The Morgan fingerprint density at radius 3 is 2.51 bits per heavy atom. The number of imidazole rings is 1. The molecule has 3 heterocycles. The number of carbonyl (C=O) groups is 1. The molecule has 1 aliphatic carbocycles. The molecule has 0 spiro atoms. The van der Waals surface area contributed by atoms with Crippen molar-refractivity contribution in [3.8, 4) is 0 Å². The van der Waals surface area contributed by atoms with E-state index in [1.54, 1.807) is 4.90 Å². The average molecular weight is 488 g/mol. The number of aryl methyl sites for hydroxylation is 1. The highest BCUT2D eigenvalue weighted by Gasteiger charge is 2.34. The van der Waals surface area contributed by atoms with Crippen LogP contribution in [0.25, 0.3) is 11.0 Å². The number of ether oxygens (including phenoxy) is 1. The van der Waals surface area contributed by atoms with Crippen LogP contribution in [0.15, 0.2) is 24.3 Å². The number of fused-ring (bicyclic) bond motifs is 3. The summed E-state index contributed by atoms with van der Waals surface area (Å²) < 4.78 is 46.1. The Kier molecular flexibility index (Phi) is 6.14. The number of rotatable bonds is 3. The molecule has 1 amide bonds. The van der Waals surface area contributed by atoms with E-state index in [4.69, 9.17) is 9.72 Å². The summed E-state index contributed by atoms with van der Waals surface area (Å²) >= 11 is 0. The maximum Gasteiger partial charge on any atom is 0.435 e. The van der Waals surface area contributed by atoms with Gasteiger partial charge in [-0.2, -0.15) is 18.3 Å². The van der Waals surface area contributed by atoms with E-state index in [1.807, 2.05) is 19.1 Å². The molecule has 10 heteroatoms. The van der Waals surface area contributed by atoms with Crippen LogP contribution in [0.3, 0.4) is 0 Å². The molecule has 1 fully saturated rings. The van der Waals surface area contributed by atoms with Crippen molar-refractivity contribution < 1.29 is 22.7 Å². The number of benzene rings is 1. The number of amides is 1. The topological polar surface area (TPSA) is 73.1 Å². The number of anilines is 1. The maximum absolute atomic E-state index is 12.9. The molecule has 0 bridgehead atoms. The monoisotopic (exact) mass is 487 g/mol. The van der Waals surface area contributed by atoms with Crippen LogP contribution < -0.4 is 4.90 Å². The SMILES string of the molecule is COC(=O)N1c2ccc3c(nc(Cc4ccc(C(F)(F)F)nn4)n3C3CCCCC3)c2CC[C@@H]1C. The Balaban J connectivity index is 1.60. The van der Waals surface area contributed by atoms with Gasteiger partial charge >= 0.3 is 12.3 Å². The fourth-order valence-electron chi connectivity index (χ4n) is 5.46. The lowest BCUT2D eigenvalue weighted by Crippen LogP contribution is -2.42. The first-order chi connectivity index (χ1) is 16.8. The smallest absolute Gasteiger partial charge is 0.435 e. The summed E-state index contributed by atoms with van der Waals surface area (Å²) in [7, 11) is 1.38. The van der Waals surface area contributed by atoms with E-state index < -0.39 is 18.0 Å². The van der Waals surface area contributed by atoms with Gasteiger partial charge in [0.15, 0.2) is 5.69 Å². The zero-order chi connectivity index (χ0) is 24.7. The second-order valence-electron chi connectivity index (χ2n) is 9.43. The highest BCUT2D eigenvalue weighted by Crippen LogP contribution is 2.39. The van der Waals surface area contributed by atoms with Gasteiger partial charge in [0.25, 0.3) is 0 Å². The number of hydrogen-bond acceptors (Lipinski definition) is 5. The molecule has 0 radical (unpaired) electrons. The summed E-state index contributed by atoms with van der Waals surface area (Å²) in [5.74, 6) is 0.762. The lowest BCUT2D eigenvalue weighted by molar-refractivity contribution is -0.141. The summed E-state index contributed by atoms with van der Waals surface area (Å²) in [6, 6.07) is 6.58. The molecule has 0 unspecified atom stereocenters. The molecule has 1 aromatic carbocycles. The third kappa shape index (κ3) is 4.34. The highest BCUT2D eigenvalue weighted by molar-refractivity contribution is 5.95. The van der Waals surface area contributed by atoms with E-state index in [1.165, 1.54) is 19.6 Å². The zero-order valence-electron chi connectivity index (χ0n) is 19.8. The lowest BCUT2D eigenvalue weighted by Gasteiger charge is -2.34. The summed E-state index contributed by atoms with van der Waals surface area (Å²) in [5, 5.41) is 7.24. The van der Waals surface area contributed by atoms with Gasteiger partial charge in [0.05, 0.1) is 35.9 Å². The van der Waals surface area contributed by atoms with Crippen LogP contribution >= 0.6 is 0 Å². The van der Waals surface area contributed by atoms with E-state index in [2.05, 4.69) is 14.8 Å². The van der Waals surface area contributed by atoms with Gasteiger partial charge in [-0.25, -0.2) is 9.78 Å². The van der Waals surface area contributed by atoms with Gasteiger partial charge < -0.3 is 9.30 Å². The molecule has 7 nitrogen and oxygen atoms in total. The fourth-order valence-corrected chi connectivity index (χ4v) is 5.46. The van der Waals surface area contributed by atoms with Crippen LogP contribution in [0, 0.1) is 0 Å². The van der Waals surface area contributed by atoms with E-state index in [0.29, 0.717) is 5.69 Å². The van der Waals surface area contributed by atoms with Crippen molar-refractivity contribution in [3.05, 3.63) is 47.0 Å². The quantitative estimate of drug-likeness (QED) is 0.464. The normalized spacial score (nSPS) is 19.1. The molecule has 2 aromatic heterocycles. The Bertz CT molecular complexity index is 1230. The molecule has 0 saturated heterocycles. The summed E-state index contributed by atoms with van der Waals surface area (Å²) in [6.07, 6.45) is 2.43. The molecule has 2 aliphatic rings. The Hall–Kier alpha value is -3.17. The van der Waals surface area contributed by atoms with Gasteiger partial charge in [0.2, 0.25) is 0 Å². The van der Waals surface area contributed by atoms with Crippen molar-refractivity contribution in [2.24, 2.45) is 0 Å². The summed E-state index contributed by atoms with van der Waals surface area (Å²) in [6.45, 7) is 2.00. The fraction of sp³-hybridized carbons (Fsp3) is 0.520. The first-order valence-corrected chi connectivity index (χ1v) is 12.1. The first kappa shape index (κ1) is 23.6. The molecule has 1 saturated carbocycles. The maximum atomic E-state index is 12.9. The second-order valence-corrected chi connectivity index (χ2v) is 9.43. The van der Waals surface area contributed by atoms with Crippen molar-refractivity contribution in [2.75, 3.05) is 12.0 Å². The van der Waals surface area contributed by atoms with Crippen LogP contribution in [-0.2, 0) is 23.8 Å². The molecule has 0 N–H and O–H groups in total. The zero-order valence-corrected chi connectivity index (χ0v) is 19.8. The minimum absolute atomic E-state index is 0.00900. The van der Waals surface area contributed by atoms with Gasteiger partial charge in [0, 0.05) is 17.6 Å². The molecule has 3 aromatic rings. The average Bonchev–Trinajstić information content (AvgIpc) is 3.21. The molecular weight excluding hydrogens is 459 g/mol. The highest BCUT2D eigenvalue weighted by atomic mass is 19.4. The predicted molar refractivity (Wildman–Crippen MR) is 124 cm³/mol. The first-order valence-electron chi connectivity index (χ1n) is 12.1. The van der Waals surface area contributed by atoms with Crippen LogP contribution in [0.5, 0.6) is 0 Å². The number of methoxy groups -OCH3 is 1. The van der Waals surface area contributed by atoms with Gasteiger partial charge in [-0.15, -0.1) is 5.10 Å². The largest absolute Gasteiger partial charge is 0.452 e. The molecule has 1 aliphatic heterocycles. The molecule has 5 rings (SSSR count). The van der Waals surface area contributed by atoms with Gasteiger partial charge in [-0.3, -0.25) is 4.90 Å². The van der Waals surface area contributed by atoms with Crippen LogP contribution in [-0.4, -0.2) is 39.0 Å². The van der Waals surface area contributed by atoms with Crippen molar-refractivity contribution >= 4 is 22.8 Å². The minimum atomic E-state index is -4.53. The second kappa shape index (κ2) is 9.13. The van der Waals surface area contributed by atoms with E-state index in [0.717, 1.165) is 72.7 Å².